The van der Waals surface area contributed by atoms with Gasteiger partial charge in [0.25, 0.3) is 5.91 Å². The third-order valence-corrected chi connectivity index (χ3v) is 6.03. The second-order valence-electron chi connectivity index (χ2n) is 7.14. The van der Waals surface area contributed by atoms with E-state index in [0.717, 1.165) is 0 Å². The lowest BCUT2D eigenvalue weighted by Crippen LogP contribution is -2.50. The summed E-state index contributed by atoms with van der Waals surface area (Å²) in [6.45, 7) is 1.96. The van der Waals surface area contributed by atoms with Crippen LogP contribution in [0.2, 0.25) is 0 Å². The summed E-state index contributed by atoms with van der Waals surface area (Å²) in [5, 5.41) is 0.380. The molecule has 2 aromatic carbocycles. The Labute approximate surface area is 181 Å². The fraction of sp³-hybridized carbons (Fsp3) is 0.174. The third-order valence-electron chi connectivity index (χ3n) is 4.99. The molecule has 156 valence electrons. The van der Waals surface area contributed by atoms with Gasteiger partial charge in [-0.3, -0.25) is 14.7 Å². The van der Waals surface area contributed by atoms with Crippen molar-refractivity contribution >= 4 is 32.6 Å². The first-order valence-corrected chi connectivity index (χ1v) is 10.6. The van der Waals surface area contributed by atoms with Gasteiger partial charge in [-0.05, 0) is 43.3 Å². The Hall–Kier alpha value is -3.52. The number of fused-ring (bicyclic) bond motifs is 2. The van der Waals surface area contributed by atoms with Crippen molar-refractivity contribution in [1.82, 2.24) is 9.97 Å². The Kier molecular flexibility index (Phi) is 4.99. The number of nitrogens with zero attached hydrogens (tertiary/aromatic N) is 3. The van der Waals surface area contributed by atoms with Gasteiger partial charge in [-0.15, -0.1) is 0 Å². The number of carbonyl (C=O) groups excluding carboxylic acids is 1. The van der Waals surface area contributed by atoms with E-state index < -0.39 is 18.0 Å². The van der Waals surface area contributed by atoms with Crippen LogP contribution in [0.5, 0.6) is 11.5 Å². The molecule has 31 heavy (non-hydrogen) atoms. The van der Waals surface area contributed by atoms with Crippen molar-refractivity contribution in [3.8, 4) is 11.5 Å². The second kappa shape index (κ2) is 7.96. The van der Waals surface area contributed by atoms with E-state index in [1.165, 1.54) is 22.3 Å². The first kappa shape index (κ1) is 19.4. The molecular formula is C23H18FN3O3S. The highest BCUT2D eigenvalue weighted by atomic mass is 32.1. The second-order valence-corrected chi connectivity index (χ2v) is 8.15. The molecule has 2 atom stereocenters. The molecule has 8 heteroatoms. The van der Waals surface area contributed by atoms with Crippen molar-refractivity contribution in [2.75, 3.05) is 4.90 Å². The lowest BCUT2D eigenvalue weighted by molar-refractivity contribution is -0.130. The maximum atomic E-state index is 14.3. The standard InChI is InChI=1S/C23H18FN3O3S/c1-14-21(30-18-10-3-2-9-17(18)29-14)22(28)27(13-15-7-4-5-12-25-15)23-26-20-16(24)8-6-11-19(20)31-23/h2-12,14,21H,13H2,1H3. The summed E-state index contributed by atoms with van der Waals surface area (Å²) >= 11 is 1.25. The molecular weight excluding hydrogens is 417 g/mol. The smallest absolute Gasteiger partial charge is 0.274 e. The Bertz CT molecular complexity index is 1250. The van der Waals surface area contributed by atoms with Crippen molar-refractivity contribution in [3.63, 3.8) is 0 Å². The molecule has 5 rings (SSSR count). The van der Waals surface area contributed by atoms with Crippen LogP contribution in [-0.2, 0) is 11.3 Å². The fourth-order valence-corrected chi connectivity index (χ4v) is 4.44. The van der Waals surface area contributed by atoms with E-state index in [2.05, 4.69) is 9.97 Å². The van der Waals surface area contributed by atoms with Gasteiger partial charge < -0.3 is 9.47 Å². The van der Waals surface area contributed by atoms with Gasteiger partial charge in [0, 0.05) is 6.20 Å². The fourth-order valence-electron chi connectivity index (χ4n) is 3.46. The van der Waals surface area contributed by atoms with Crippen LogP contribution in [0.25, 0.3) is 10.2 Å². The molecule has 1 aliphatic rings. The summed E-state index contributed by atoms with van der Waals surface area (Å²) in [6, 6.07) is 17.5. The van der Waals surface area contributed by atoms with Crippen molar-refractivity contribution in [2.24, 2.45) is 0 Å². The molecule has 2 unspecified atom stereocenters. The topological polar surface area (TPSA) is 64.6 Å². The van der Waals surface area contributed by atoms with Gasteiger partial charge in [-0.1, -0.05) is 35.6 Å². The minimum atomic E-state index is -0.879. The number of amides is 1. The molecule has 2 aromatic heterocycles. The van der Waals surface area contributed by atoms with E-state index in [0.29, 0.717) is 27.0 Å². The summed E-state index contributed by atoms with van der Waals surface area (Å²) in [5.41, 5.74) is 0.917. The zero-order chi connectivity index (χ0) is 21.4. The lowest BCUT2D eigenvalue weighted by atomic mass is 10.1. The van der Waals surface area contributed by atoms with Gasteiger partial charge in [0.15, 0.2) is 16.6 Å². The maximum Gasteiger partial charge on any atom is 0.274 e. The summed E-state index contributed by atoms with van der Waals surface area (Å²) in [7, 11) is 0. The lowest BCUT2D eigenvalue weighted by Gasteiger charge is -2.33. The SMILES string of the molecule is CC1Oc2ccccc2OC1C(=O)N(Cc1ccccn1)c1nc2c(F)cccc2s1. The van der Waals surface area contributed by atoms with Gasteiger partial charge in [0.2, 0.25) is 6.10 Å². The normalized spacial score (nSPS) is 17.5. The molecule has 1 aliphatic heterocycles. The average Bonchev–Trinajstić information content (AvgIpc) is 3.23. The van der Waals surface area contributed by atoms with Crippen LogP contribution in [0.15, 0.2) is 66.9 Å². The summed E-state index contributed by atoms with van der Waals surface area (Å²) in [6.07, 6.45) is 0.268. The first-order chi connectivity index (χ1) is 15.1. The number of thiazole rings is 1. The highest BCUT2D eigenvalue weighted by molar-refractivity contribution is 7.22. The number of hydrogen-bond acceptors (Lipinski definition) is 6. The number of halogens is 1. The predicted octanol–water partition coefficient (Wildman–Crippen LogP) is 4.59. The number of aromatic nitrogens is 2. The summed E-state index contributed by atoms with van der Waals surface area (Å²) < 4.78 is 26.8. The van der Waals surface area contributed by atoms with Gasteiger partial charge >= 0.3 is 0 Å². The summed E-state index contributed by atoms with van der Waals surface area (Å²) in [5.74, 6) is 0.348. The van der Waals surface area contributed by atoms with Gasteiger partial charge in [-0.2, -0.15) is 0 Å². The molecule has 0 bridgehead atoms. The number of carbonyl (C=O) groups is 1. The largest absolute Gasteiger partial charge is 0.482 e. The van der Waals surface area contributed by atoms with Crippen molar-refractivity contribution in [3.05, 3.63) is 78.4 Å². The molecule has 0 N–H and O–H groups in total. The quantitative estimate of drug-likeness (QED) is 0.469. The van der Waals surface area contributed by atoms with Crippen molar-refractivity contribution in [2.45, 2.75) is 25.7 Å². The van der Waals surface area contributed by atoms with Crippen LogP contribution in [0, 0.1) is 5.82 Å². The van der Waals surface area contributed by atoms with Crippen LogP contribution < -0.4 is 14.4 Å². The summed E-state index contributed by atoms with van der Waals surface area (Å²) in [4.78, 5) is 23.9. The number of benzene rings is 2. The molecule has 0 radical (unpaired) electrons. The van der Waals surface area contributed by atoms with Crippen LogP contribution in [0.3, 0.4) is 0 Å². The van der Waals surface area contributed by atoms with Crippen LogP contribution in [0.4, 0.5) is 9.52 Å². The van der Waals surface area contributed by atoms with Crippen molar-refractivity contribution in [1.29, 1.82) is 0 Å². The number of para-hydroxylation sites is 3. The van der Waals surface area contributed by atoms with Crippen molar-refractivity contribution < 1.29 is 18.7 Å². The maximum absolute atomic E-state index is 14.3. The van der Waals surface area contributed by atoms with Crippen LogP contribution in [-0.4, -0.2) is 28.1 Å². The molecule has 3 heterocycles. The molecule has 0 saturated carbocycles. The van der Waals surface area contributed by atoms with E-state index in [-0.39, 0.29) is 18.0 Å². The molecule has 0 spiro atoms. The monoisotopic (exact) mass is 435 g/mol. The van der Waals surface area contributed by atoms with Gasteiger partial charge in [0.05, 0.1) is 16.9 Å². The van der Waals surface area contributed by atoms with Crippen LogP contribution >= 0.6 is 11.3 Å². The van der Waals surface area contributed by atoms with E-state index >= 15 is 0 Å². The van der Waals surface area contributed by atoms with E-state index in [9.17, 15) is 9.18 Å². The number of hydrogen-bond donors (Lipinski definition) is 0. The predicted molar refractivity (Wildman–Crippen MR) is 116 cm³/mol. The first-order valence-electron chi connectivity index (χ1n) is 9.79. The van der Waals surface area contributed by atoms with Gasteiger partial charge in [0.1, 0.15) is 17.4 Å². The molecule has 0 saturated heterocycles. The zero-order valence-electron chi connectivity index (χ0n) is 16.6. The Morgan fingerprint density at radius 3 is 2.58 bits per heavy atom. The Morgan fingerprint density at radius 1 is 1.06 bits per heavy atom. The number of rotatable bonds is 4. The number of ether oxygens (including phenoxy) is 2. The van der Waals surface area contributed by atoms with E-state index in [1.54, 1.807) is 43.5 Å². The zero-order valence-corrected chi connectivity index (χ0v) is 17.4. The van der Waals surface area contributed by atoms with E-state index in [1.807, 2.05) is 24.3 Å². The molecule has 0 aliphatic carbocycles. The van der Waals surface area contributed by atoms with Gasteiger partial charge in [-0.25, -0.2) is 9.37 Å². The molecule has 1 amide bonds. The molecule has 4 aromatic rings. The Morgan fingerprint density at radius 2 is 1.84 bits per heavy atom. The average molecular weight is 435 g/mol. The van der Waals surface area contributed by atoms with E-state index in [4.69, 9.17) is 9.47 Å². The Balaban J connectivity index is 1.53. The number of anilines is 1. The molecule has 0 fully saturated rings. The minimum absolute atomic E-state index is 0.176. The number of pyridine rings is 1. The van der Waals surface area contributed by atoms with Crippen LogP contribution in [0.1, 0.15) is 12.6 Å². The minimum Gasteiger partial charge on any atom is -0.482 e. The highest BCUT2D eigenvalue weighted by Crippen LogP contribution is 2.36. The molecule has 6 nitrogen and oxygen atoms in total. The highest BCUT2D eigenvalue weighted by Gasteiger charge is 2.38. The third kappa shape index (κ3) is 3.70.